The number of fused-ring (bicyclic) bond motifs is 1. The van der Waals surface area contributed by atoms with Crippen LogP contribution >= 0.6 is 0 Å². The van der Waals surface area contributed by atoms with E-state index in [1.165, 1.54) is 47.6 Å². The van der Waals surface area contributed by atoms with Crippen LogP contribution in [0.4, 0.5) is 5.69 Å². The zero-order chi connectivity index (χ0) is 23.6. The highest BCUT2D eigenvalue weighted by Crippen LogP contribution is 2.49. The summed E-state index contributed by atoms with van der Waals surface area (Å²) in [5, 5.41) is 11.8. The van der Waals surface area contributed by atoms with E-state index in [-0.39, 0.29) is 24.7 Å². The van der Waals surface area contributed by atoms with Gasteiger partial charge in [0.15, 0.2) is 0 Å². The van der Waals surface area contributed by atoms with Gasteiger partial charge in [0.25, 0.3) is 10.1 Å². The molecule has 4 rings (SSSR count). The smallest absolute Gasteiger partial charge is 0.311 e. The molecule has 0 spiro atoms. The second-order valence-corrected chi connectivity index (χ2v) is 10.5. The van der Waals surface area contributed by atoms with Crippen molar-refractivity contribution in [1.82, 2.24) is 0 Å². The molecule has 2 aliphatic rings. The molecule has 0 aromatic heterocycles. The predicted molar refractivity (Wildman–Crippen MR) is 128 cm³/mol. The zero-order valence-electron chi connectivity index (χ0n) is 19.0. The number of nitro groups is 1. The van der Waals surface area contributed by atoms with Crippen molar-refractivity contribution < 1.29 is 22.3 Å². The standard InChI is InChI=1S/C25H29NO6S/c1-17-11-12-20-19(15-17)16-22(24(20)18-7-4-3-5-8-18)21-9-6-10-23(26(27)28)25(21)31-13-14-32-33(2,29)30/h6,9-12,15,18H,3-5,7-8,13-14,16H2,1-2H3. The summed E-state index contributed by atoms with van der Waals surface area (Å²) in [6.07, 6.45) is 7.49. The van der Waals surface area contributed by atoms with Gasteiger partial charge in [0.2, 0.25) is 5.75 Å². The number of para-hydroxylation sites is 1. The van der Waals surface area contributed by atoms with Crippen molar-refractivity contribution in [2.24, 2.45) is 5.92 Å². The van der Waals surface area contributed by atoms with Gasteiger partial charge in [0.1, 0.15) is 13.2 Å². The highest BCUT2D eigenvalue weighted by molar-refractivity contribution is 7.85. The lowest BCUT2D eigenvalue weighted by atomic mass is 9.79. The average molecular weight is 472 g/mol. The van der Waals surface area contributed by atoms with E-state index in [4.69, 9.17) is 8.92 Å². The minimum atomic E-state index is -3.62. The predicted octanol–water partition coefficient (Wildman–Crippen LogP) is 5.31. The Morgan fingerprint density at radius 1 is 1.06 bits per heavy atom. The Balaban J connectivity index is 1.78. The van der Waals surface area contributed by atoms with Crippen LogP contribution in [0.2, 0.25) is 0 Å². The summed E-state index contributed by atoms with van der Waals surface area (Å²) in [4.78, 5) is 11.4. The molecule has 0 bridgehead atoms. The van der Waals surface area contributed by atoms with Crippen LogP contribution in [0, 0.1) is 23.0 Å². The summed E-state index contributed by atoms with van der Waals surface area (Å²) in [5.74, 6) is 0.589. The van der Waals surface area contributed by atoms with Gasteiger partial charge in [-0.05, 0) is 54.4 Å². The number of ether oxygens (including phenoxy) is 1. The van der Waals surface area contributed by atoms with Crippen LogP contribution < -0.4 is 4.74 Å². The van der Waals surface area contributed by atoms with E-state index in [9.17, 15) is 18.5 Å². The third kappa shape index (κ3) is 5.28. The van der Waals surface area contributed by atoms with Gasteiger partial charge in [-0.15, -0.1) is 0 Å². The monoisotopic (exact) mass is 471 g/mol. The molecule has 8 heteroatoms. The topological polar surface area (TPSA) is 95.7 Å². The van der Waals surface area contributed by atoms with Crippen molar-refractivity contribution in [3.63, 3.8) is 0 Å². The van der Waals surface area contributed by atoms with E-state index < -0.39 is 15.0 Å². The van der Waals surface area contributed by atoms with Crippen LogP contribution in [-0.4, -0.2) is 32.8 Å². The quantitative estimate of drug-likeness (QED) is 0.224. The molecule has 0 radical (unpaired) electrons. The molecule has 1 fully saturated rings. The van der Waals surface area contributed by atoms with Gasteiger partial charge < -0.3 is 4.74 Å². The minimum Gasteiger partial charge on any atom is -0.484 e. The van der Waals surface area contributed by atoms with Crippen LogP contribution in [0.5, 0.6) is 5.75 Å². The lowest BCUT2D eigenvalue weighted by Gasteiger charge is -2.25. The van der Waals surface area contributed by atoms with Gasteiger partial charge in [-0.25, -0.2) is 0 Å². The molecule has 0 aliphatic heterocycles. The summed E-state index contributed by atoms with van der Waals surface area (Å²) < 4.78 is 33.1. The number of benzene rings is 2. The minimum absolute atomic E-state index is 0.108. The normalized spacial score (nSPS) is 16.7. The van der Waals surface area contributed by atoms with E-state index in [1.807, 2.05) is 6.07 Å². The molecule has 0 amide bonds. The van der Waals surface area contributed by atoms with E-state index in [0.29, 0.717) is 17.9 Å². The third-order valence-electron chi connectivity index (χ3n) is 6.40. The number of aryl methyl sites for hydroxylation is 1. The number of hydrogen-bond donors (Lipinski definition) is 0. The molecule has 0 atom stereocenters. The maximum absolute atomic E-state index is 11.8. The summed E-state index contributed by atoms with van der Waals surface area (Å²) in [6.45, 7) is 1.75. The van der Waals surface area contributed by atoms with Gasteiger partial charge in [0, 0.05) is 11.6 Å². The first-order chi connectivity index (χ1) is 15.7. The fourth-order valence-electron chi connectivity index (χ4n) is 5.06. The fraction of sp³-hybridized carbons (Fsp3) is 0.440. The third-order valence-corrected chi connectivity index (χ3v) is 6.99. The first-order valence-corrected chi connectivity index (χ1v) is 13.1. The second-order valence-electron chi connectivity index (χ2n) is 8.85. The number of nitrogens with zero attached hydrogens (tertiary/aromatic N) is 1. The summed E-state index contributed by atoms with van der Waals surface area (Å²) >= 11 is 0. The number of hydrogen-bond acceptors (Lipinski definition) is 6. The summed E-state index contributed by atoms with van der Waals surface area (Å²) in [5.41, 5.74) is 6.59. The van der Waals surface area contributed by atoms with Gasteiger partial charge in [-0.3, -0.25) is 14.3 Å². The molecule has 0 heterocycles. The number of rotatable bonds is 8. The van der Waals surface area contributed by atoms with Crippen molar-refractivity contribution in [2.45, 2.75) is 45.4 Å². The van der Waals surface area contributed by atoms with Crippen LogP contribution in [-0.2, 0) is 20.7 Å². The van der Waals surface area contributed by atoms with Crippen LogP contribution in [0.1, 0.15) is 54.4 Å². The molecule has 176 valence electrons. The van der Waals surface area contributed by atoms with E-state index in [2.05, 4.69) is 25.1 Å². The van der Waals surface area contributed by atoms with Crippen LogP contribution in [0.15, 0.2) is 36.4 Å². The maximum atomic E-state index is 11.8. The Kier molecular flexibility index (Phi) is 6.86. The summed E-state index contributed by atoms with van der Waals surface area (Å²) in [7, 11) is -3.62. The molecule has 2 aliphatic carbocycles. The van der Waals surface area contributed by atoms with Crippen molar-refractivity contribution in [3.05, 3.63) is 68.8 Å². The van der Waals surface area contributed by atoms with Gasteiger partial charge in [0.05, 0.1) is 11.2 Å². The van der Waals surface area contributed by atoms with Crippen molar-refractivity contribution >= 4 is 27.0 Å². The number of nitro benzene ring substituents is 1. The molecule has 0 saturated heterocycles. The number of allylic oxidation sites excluding steroid dienone is 2. The Labute approximate surface area is 194 Å². The Morgan fingerprint density at radius 3 is 2.52 bits per heavy atom. The van der Waals surface area contributed by atoms with Gasteiger partial charge in [-0.2, -0.15) is 8.42 Å². The van der Waals surface area contributed by atoms with Gasteiger partial charge >= 0.3 is 5.69 Å². The first kappa shape index (κ1) is 23.4. The highest BCUT2D eigenvalue weighted by atomic mass is 32.2. The first-order valence-electron chi connectivity index (χ1n) is 11.3. The maximum Gasteiger partial charge on any atom is 0.311 e. The molecule has 2 aromatic rings. The largest absolute Gasteiger partial charge is 0.484 e. The molecule has 1 saturated carbocycles. The molecular formula is C25H29NO6S. The van der Waals surface area contributed by atoms with Crippen LogP contribution in [0.3, 0.4) is 0 Å². The molecule has 0 unspecified atom stereocenters. The van der Waals surface area contributed by atoms with E-state index in [1.54, 1.807) is 6.07 Å². The fourth-order valence-corrected chi connectivity index (χ4v) is 5.44. The van der Waals surface area contributed by atoms with Crippen molar-refractivity contribution in [2.75, 3.05) is 19.5 Å². The molecule has 7 nitrogen and oxygen atoms in total. The van der Waals surface area contributed by atoms with Crippen molar-refractivity contribution in [1.29, 1.82) is 0 Å². The van der Waals surface area contributed by atoms with Crippen molar-refractivity contribution in [3.8, 4) is 5.75 Å². The highest BCUT2D eigenvalue weighted by Gasteiger charge is 2.32. The lowest BCUT2D eigenvalue weighted by Crippen LogP contribution is -2.13. The molecule has 0 N–H and O–H groups in total. The molecule has 2 aromatic carbocycles. The lowest BCUT2D eigenvalue weighted by molar-refractivity contribution is -0.385. The SMILES string of the molecule is Cc1ccc2c(c1)CC(c1cccc([N+](=O)[O-])c1OCCOS(C)(=O)=O)=C2C1CCCCC1. The zero-order valence-corrected chi connectivity index (χ0v) is 19.8. The summed E-state index contributed by atoms with van der Waals surface area (Å²) in [6, 6.07) is 11.5. The Hall–Kier alpha value is -2.71. The Morgan fingerprint density at radius 2 is 1.82 bits per heavy atom. The molecule has 33 heavy (non-hydrogen) atoms. The Bertz CT molecular complexity index is 1200. The molecular weight excluding hydrogens is 442 g/mol. The van der Waals surface area contributed by atoms with E-state index in [0.717, 1.165) is 24.7 Å². The van der Waals surface area contributed by atoms with E-state index >= 15 is 0 Å². The average Bonchev–Trinajstić information content (AvgIpc) is 3.14. The van der Waals surface area contributed by atoms with Gasteiger partial charge in [-0.1, -0.05) is 55.2 Å². The second kappa shape index (κ2) is 9.65. The van der Waals surface area contributed by atoms with Crippen LogP contribution in [0.25, 0.3) is 11.1 Å².